The van der Waals surface area contributed by atoms with E-state index < -0.39 is 5.82 Å². The molecule has 2 amide bonds. The molecular formula is C18H17FN2O3. The van der Waals surface area contributed by atoms with E-state index in [1.807, 2.05) is 12.1 Å². The van der Waals surface area contributed by atoms with Gasteiger partial charge in [-0.05, 0) is 23.6 Å². The number of amides is 2. The van der Waals surface area contributed by atoms with Crippen LogP contribution in [-0.2, 0) is 4.79 Å². The van der Waals surface area contributed by atoms with Gasteiger partial charge in [0.25, 0.3) is 11.8 Å². The Hall–Kier alpha value is -2.89. The van der Waals surface area contributed by atoms with Crippen molar-refractivity contribution in [2.24, 2.45) is 0 Å². The number of benzene rings is 2. The highest BCUT2D eigenvalue weighted by molar-refractivity contribution is 6.06. The molecule has 0 saturated heterocycles. The lowest BCUT2D eigenvalue weighted by atomic mass is 10.0. The van der Waals surface area contributed by atoms with Crippen LogP contribution >= 0.6 is 0 Å². The number of rotatable bonds is 3. The van der Waals surface area contributed by atoms with Crippen molar-refractivity contribution < 1.29 is 18.7 Å². The van der Waals surface area contributed by atoms with E-state index in [0.717, 1.165) is 17.7 Å². The summed E-state index contributed by atoms with van der Waals surface area (Å²) in [7, 11) is 0. The molecule has 1 aliphatic rings. The largest absolute Gasteiger partial charge is 0.479 e. The summed E-state index contributed by atoms with van der Waals surface area (Å²) in [5, 5.41) is 5.15. The van der Waals surface area contributed by atoms with Crippen molar-refractivity contribution in [3.8, 4) is 5.75 Å². The van der Waals surface area contributed by atoms with Gasteiger partial charge in [0.2, 0.25) is 0 Å². The Balaban J connectivity index is 1.85. The van der Waals surface area contributed by atoms with Gasteiger partial charge in [-0.1, -0.05) is 26.0 Å². The number of halogens is 1. The topological polar surface area (TPSA) is 67.4 Å². The SMILES string of the molecule is CC(C)c1ccc(C(=O)Nc2cc(F)cc3c2OCC(=O)N3)cc1. The van der Waals surface area contributed by atoms with Crippen molar-refractivity contribution in [3.05, 3.63) is 53.3 Å². The van der Waals surface area contributed by atoms with Crippen LogP contribution in [0.1, 0.15) is 35.7 Å². The van der Waals surface area contributed by atoms with Crippen molar-refractivity contribution in [2.45, 2.75) is 19.8 Å². The minimum absolute atomic E-state index is 0.176. The van der Waals surface area contributed by atoms with Crippen LogP contribution in [0.2, 0.25) is 0 Å². The summed E-state index contributed by atoms with van der Waals surface area (Å²) in [6.45, 7) is 3.96. The van der Waals surface area contributed by atoms with Gasteiger partial charge in [0.15, 0.2) is 12.4 Å². The number of hydrogen-bond acceptors (Lipinski definition) is 3. The van der Waals surface area contributed by atoms with Gasteiger partial charge in [-0.15, -0.1) is 0 Å². The van der Waals surface area contributed by atoms with Crippen molar-refractivity contribution in [3.63, 3.8) is 0 Å². The van der Waals surface area contributed by atoms with Crippen molar-refractivity contribution in [1.82, 2.24) is 0 Å². The lowest BCUT2D eigenvalue weighted by Gasteiger charge is -2.21. The second-order valence-electron chi connectivity index (χ2n) is 5.90. The summed E-state index contributed by atoms with van der Waals surface area (Å²) in [5.74, 6) is -0.698. The zero-order valence-electron chi connectivity index (χ0n) is 13.4. The third-order valence-corrected chi connectivity index (χ3v) is 3.76. The standard InChI is InChI=1S/C18H17FN2O3/c1-10(2)11-3-5-12(6-4-11)18(23)21-15-8-13(19)7-14-17(15)24-9-16(22)20-14/h3-8,10H,9H2,1-2H3,(H,20,22)(H,21,23). The summed E-state index contributed by atoms with van der Waals surface area (Å²) in [6, 6.07) is 9.53. The molecule has 0 aliphatic carbocycles. The van der Waals surface area contributed by atoms with Gasteiger partial charge in [-0.2, -0.15) is 0 Å². The van der Waals surface area contributed by atoms with Gasteiger partial charge in [0.05, 0.1) is 11.4 Å². The number of anilines is 2. The van der Waals surface area contributed by atoms with Crippen LogP contribution in [0, 0.1) is 5.82 Å². The molecule has 2 N–H and O–H groups in total. The van der Waals surface area contributed by atoms with Crippen LogP contribution in [0.3, 0.4) is 0 Å². The molecule has 1 aliphatic heterocycles. The molecule has 2 aromatic rings. The predicted octanol–water partition coefficient (Wildman–Crippen LogP) is 3.53. The fourth-order valence-corrected chi connectivity index (χ4v) is 2.47. The lowest BCUT2D eigenvalue weighted by molar-refractivity contribution is -0.118. The van der Waals surface area contributed by atoms with Gasteiger partial charge in [0.1, 0.15) is 5.82 Å². The minimum atomic E-state index is -0.579. The van der Waals surface area contributed by atoms with E-state index in [2.05, 4.69) is 24.5 Å². The van der Waals surface area contributed by atoms with E-state index in [0.29, 0.717) is 11.5 Å². The van der Waals surface area contributed by atoms with Gasteiger partial charge >= 0.3 is 0 Å². The Kier molecular flexibility index (Phi) is 4.20. The smallest absolute Gasteiger partial charge is 0.262 e. The van der Waals surface area contributed by atoms with Crippen LogP contribution in [0.5, 0.6) is 5.75 Å². The molecule has 0 unspecified atom stereocenters. The molecule has 24 heavy (non-hydrogen) atoms. The normalized spacial score (nSPS) is 13.1. The number of nitrogens with one attached hydrogen (secondary N) is 2. The second kappa shape index (κ2) is 6.31. The molecule has 0 aromatic heterocycles. The summed E-state index contributed by atoms with van der Waals surface area (Å²) >= 11 is 0. The Morgan fingerprint density at radius 1 is 1.25 bits per heavy atom. The van der Waals surface area contributed by atoms with E-state index >= 15 is 0 Å². The molecule has 6 heteroatoms. The predicted molar refractivity (Wildman–Crippen MR) is 89.0 cm³/mol. The number of ether oxygens (including phenoxy) is 1. The van der Waals surface area contributed by atoms with Gasteiger partial charge in [-0.3, -0.25) is 9.59 Å². The van der Waals surface area contributed by atoms with Crippen LogP contribution in [-0.4, -0.2) is 18.4 Å². The van der Waals surface area contributed by atoms with Crippen LogP contribution in [0.25, 0.3) is 0 Å². The molecule has 0 bridgehead atoms. The molecule has 124 valence electrons. The summed E-state index contributed by atoms with van der Waals surface area (Å²) in [5.41, 5.74) is 1.97. The molecule has 0 radical (unpaired) electrons. The van der Waals surface area contributed by atoms with E-state index in [4.69, 9.17) is 4.74 Å². The molecule has 0 saturated carbocycles. The van der Waals surface area contributed by atoms with Gasteiger partial charge < -0.3 is 15.4 Å². The molecule has 1 heterocycles. The molecule has 0 spiro atoms. The Labute approximate surface area is 138 Å². The van der Waals surface area contributed by atoms with Gasteiger partial charge in [0, 0.05) is 17.7 Å². The zero-order valence-corrected chi connectivity index (χ0v) is 13.4. The highest BCUT2D eigenvalue weighted by atomic mass is 19.1. The summed E-state index contributed by atoms with van der Waals surface area (Å²) in [6.07, 6.45) is 0. The third-order valence-electron chi connectivity index (χ3n) is 3.76. The molecule has 2 aromatic carbocycles. The fraction of sp³-hybridized carbons (Fsp3) is 0.222. The van der Waals surface area contributed by atoms with Crippen molar-refractivity contribution in [2.75, 3.05) is 17.2 Å². The highest BCUT2D eigenvalue weighted by Crippen LogP contribution is 2.36. The van der Waals surface area contributed by atoms with E-state index in [-0.39, 0.29) is 35.5 Å². The third kappa shape index (κ3) is 3.22. The first-order valence-corrected chi connectivity index (χ1v) is 7.61. The first-order valence-electron chi connectivity index (χ1n) is 7.61. The highest BCUT2D eigenvalue weighted by Gasteiger charge is 2.22. The van der Waals surface area contributed by atoms with E-state index in [1.54, 1.807) is 12.1 Å². The van der Waals surface area contributed by atoms with Crippen LogP contribution < -0.4 is 15.4 Å². The quantitative estimate of drug-likeness (QED) is 0.906. The summed E-state index contributed by atoms with van der Waals surface area (Å²) in [4.78, 5) is 23.7. The average molecular weight is 328 g/mol. The maximum Gasteiger partial charge on any atom is 0.262 e. The molecule has 0 atom stereocenters. The zero-order chi connectivity index (χ0) is 17.3. The lowest BCUT2D eigenvalue weighted by Crippen LogP contribution is -2.26. The molecule has 5 nitrogen and oxygen atoms in total. The average Bonchev–Trinajstić information content (AvgIpc) is 2.54. The molecular weight excluding hydrogens is 311 g/mol. The maximum absolute atomic E-state index is 13.7. The monoisotopic (exact) mass is 328 g/mol. The van der Waals surface area contributed by atoms with E-state index in [1.165, 1.54) is 0 Å². The van der Waals surface area contributed by atoms with Crippen molar-refractivity contribution in [1.29, 1.82) is 0 Å². The minimum Gasteiger partial charge on any atom is -0.479 e. The van der Waals surface area contributed by atoms with E-state index in [9.17, 15) is 14.0 Å². The first-order chi connectivity index (χ1) is 11.4. The number of carbonyl (C=O) groups excluding carboxylic acids is 2. The summed E-state index contributed by atoms with van der Waals surface area (Å²) < 4.78 is 19.0. The molecule has 0 fully saturated rings. The Morgan fingerprint density at radius 2 is 1.96 bits per heavy atom. The fourth-order valence-electron chi connectivity index (χ4n) is 2.47. The Morgan fingerprint density at radius 3 is 2.62 bits per heavy atom. The maximum atomic E-state index is 13.7. The van der Waals surface area contributed by atoms with Crippen molar-refractivity contribution >= 4 is 23.2 Å². The van der Waals surface area contributed by atoms with Crippen LogP contribution in [0.15, 0.2) is 36.4 Å². The molecule has 3 rings (SSSR count). The number of carbonyl (C=O) groups is 2. The first kappa shape index (κ1) is 16.0. The number of fused-ring (bicyclic) bond motifs is 1. The van der Waals surface area contributed by atoms with Gasteiger partial charge in [-0.25, -0.2) is 4.39 Å². The second-order valence-corrected chi connectivity index (χ2v) is 5.90. The number of hydrogen-bond donors (Lipinski definition) is 2. The van der Waals surface area contributed by atoms with Crippen LogP contribution in [0.4, 0.5) is 15.8 Å². The Bertz CT molecular complexity index is 801.